The van der Waals surface area contributed by atoms with Crippen LogP contribution >= 0.6 is 0 Å². The van der Waals surface area contributed by atoms with Crippen molar-refractivity contribution >= 4 is 5.91 Å². The first kappa shape index (κ1) is 17.2. The molecule has 26 heavy (non-hydrogen) atoms. The maximum absolute atomic E-state index is 12.5. The summed E-state index contributed by atoms with van der Waals surface area (Å²) in [7, 11) is 0. The Bertz CT molecular complexity index is 765. The van der Waals surface area contributed by atoms with Crippen LogP contribution in [0.25, 0.3) is 0 Å². The molecule has 1 amide bonds. The maximum atomic E-state index is 12.5. The molecule has 0 aliphatic carbocycles. The predicted molar refractivity (Wildman–Crippen MR) is 99.9 cm³/mol. The van der Waals surface area contributed by atoms with Crippen LogP contribution in [-0.2, 0) is 6.54 Å². The first-order chi connectivity index (χ1) is 12.7. The van der Waals surface area contributed by atoms with Gasteiger partial charge in [-0.1, -0.05) is 29.5 Å². The van der Waals surface area contributed by atoms with Crippen molar-refractivity contribution in [3.05, 3.63) is 47.3 Å². The number of aryl methyl sites for hydroxylation is 1. The second-order valence-corrected chi connectivity index (χ2v) is 7.54. The third kappa shape index (κ3) is 3.65. The highest BCUT2D eigenvalue weighted by Crippen LogP contribution is 2.23. The van der Waals surface area contributed by atoms with Crippen LogP contribution in [-0.4, -0.2) is 56.9 Å². The highest BCUT2D eigenvalue weighted by Gasteiger charge is 2.26. The standard InChI is InChI=1S/C20H27N5O/c1-16-7-2-3-8-17(16)13-23-10-6-9-18(14-23)25-15-19(21-22-25)20(26)24-11-4-5-12-24/h2-3,7-8,15,18H,4-6,9-14H2,1H3/t18-/m0/s1. The minimum atomic E-state index is 0.0290. The summed E-state index contributed by atoms with van der Waals surface area (Å²) in [5.74, 6) is 0.0290. The summed E-state index contributed by atoms with van der Waals surface area (Å²) in [5, 5.41) is 8.45. The molecule has 0 bridgehead atoms. The number of amides is 1. The van der Waals surface area contributed by atoms with Gasteiger partial charge in [0.2, 0.25) is 0 Å². The van der Waals surface area contributed by atoms with E-state index in [0.717, 1.165) is 58.4 Å². The smallest absolute Gasteiger partial charge is 0.276 e. The van der Waals surface area contributed by atoms with Gasteiger partial charge in [0.1, 0.15) is 0 Å². The molecule has 3 heterocycles. The maximum Gasteiger partial charge on any atom is 0.276 e. The molecule has 2 fully saturated rings. The summed E-state index contributed by atoms with van der Waals surface area (Å²) in [4.78, 5) is 16.9. The van der Waals surface area contributed by atoms with Gasteiger partial charge in [-0.2, -0.15) is 0 Å². The minimum absolute atomic E-state index is 0.0290. The molecule has 2 saturated heterocycles. The molecule has 6 heteroatoms. The SMILES string of the molecule is Cc1ccccc1CN1CCC[C@H](n2cc(C(=O)N3CCCC3)nn2)C1. The molecule has 4 rings (SSSR count). The van der Waals surface area contributed by atoms with Crippen molar-refractivity contribution in [1.29, 1.82) is 0 Å². The summed E-state index contributed by atoms with van der Waals surface area (Å²) >= 11 is 0. The van der Waals surface area contributed by atoms with E-state index in [-0.39, 0.29) is 5.91 Å². The molecule has 0 saturated carbocycles. The first-order valence-electron chi connectivity index (χ1n) is 9.68. The van der Waals surface area contributed by atoms with Gasteiger partial charge in [0, 0.05) is 26.2 Å². The van der Waals surface area contributed by atoms with E-state index in [4.69, 9.17) is 0 Å². The number of piperidine rings is 1. The van der Waals surface area contributed by atoms with E-state index in [1.165, 1.54) is 11.1 Å². The molecule has 1 atom stereocenters. The van der Waals surface area contributed by atoms with Gasteiger partial charge in [-0.25, -0.2) is 4.68 Å². The average molecular weight is 353 g/mol. The molecule has 0 radical (unpaired) electrons. The van der Waals surface area contributed by atoms with Crippen molar-refractivity contribution in [3.63, 3.8) is 0 Å². The van der Waals surface area contributed by atoms with Crippen molar-refractivity contribution < 1.29 is 4.79 Å². The zero-order valence-corrected chi connectivity index (χ0v) is 15.5. The van der Waals surface area contributed by atoms with Crippen LogP contribution in [0.5, 0.6) is 0 Å². The Balaban J connectivity index is 1.41. The van der Waals surface area contributed by atoms with Gasteiger partial charge in [-0.15, -0.1) is 5.10 Å². The summed E-state index contributed by atoms with van der Waals surface area (Å²) in [5.41, 5.74) is 3.22. The Morgan fingerprint density at radius 3 is 2.77 bits per heavy atom. The van der Waals surface area contributed by atoms with Gasteiger partial charge < -0.3 is 4.90 Å². The summed E-state index contributed by atoms with van der Waals surface area (Å²) in [6.45, 7) is 6.90. The van der Waals surface area contributed by atoms with E-state index in [1.807, 2.05) is 15.8 Å². The van der Waals surface area contributed by atoms with E-state index in [1.54, 1.807) is 0 Å². The van der Waals surface area contributed by atoms with Crippen LogP contribution < -0.4 is 0 Å². The second kappa shape index (κ2) is 7.58. The van der Waals surface area contributed by atoms with Crippen LogP contribution in [0, 0.1) is 6.92 Å². The second-order valence-electron chi connectivity index (χ2n) is 7.54. The van der Waals surface area contributed by atoms with Gasteiger partial charge in [0.15, 0.2) is 5.69 Å². The summed E-state index contributed by atoms with van der Waals surface area (Å²) in [6, 6.07) is 8.87. The minimum Gasteiger partial charge on any atom is -0.337 e. The fourth-order valence-corrected chi connectivity index (χ4v) is 4.05. The number of likely N-dealkylation sites (tertiary alicyclic amines) is 2. The molecular weight excluding hydrogens is 326 g/mol. The number of carbonyl (C=O) groups is 1. The van der Waals surface area contributed by atoms with Gasteiger partial charge in [0.05, 0.1) is 12.2 Å². The third-order valence-corrected chi connectivity index (χ3v) is 5.63. The average Bonchev–Trinajstić information content (AvgIpc) is 3.36. The molecule has 6 nitrogen and oxygen atoms in total. The van der Waals surface area contributed by atoms with Crippen molar-refractivity contribution in [3.8, 4) is 0 Å². The van der Waals surface area contributed by atoms with Crippen molar-refractivity contribution in [1.82, 2.24) is 24.8 Å². The Labute approximate surface area is 154 Å². The number of hydrogen-bond acceptors (Lipinski definition) is 4. The van der Waals surface area contributed by atoms with E-state index < -0.39 is 0 Å². The Morgan fingerprint density at radius 2 is 1.96 bits per heavy atom. The van der Waals surface area contributed by atoms with Gasteiger partial charge in [-0.05, 0) is 50.3 Å². The normalized spacial score (nSPS) is 21.3. The molecule has 2 aromatic rings. The molecular formula is C20H27N5O. The van der Waals surface area contributed by atoms with E-state index in [2.05, 4.69) is 46.4 Å². The third-order valence-electron chi connectivity index (χ3n) is 5.63. The molecule has 0 N–H and O–H groups in total. The molecule has 1 aromatic carbocycles. The van der Waals surface area contributed by atoms with Gasteiger partial charge in [-0.3, -0.25) is 9.69 Å². The summed E-state index contributed by atoms with van der Waals surface area (Å²) in [6.07, 6.45) is 6.27. The zero-order valence-electron chi connectivity index (χ0n) is 15.5. The largest absolute Gasteiger partial charge is 0.337 e. The van der Waals surface area contributed by atoms with Crippen molar-refractivity contribution in [2.75, 3.05) is 26.2 Å². The van der Waals surface area contributed by atoms with Crippen molar-refractivity contribution in [2.45, 2.75) is 45.2 Å². The number of rotatable bonds is 4. The Morgan fingerprint density at radius 1 is 1.15 bits per heavy atom. The van der Waals surface area contributed by atoms with E-state index in [0.29, 0.717) is 11.7 Å². The molecule has 138 valence electrons. The number of nitrogens with zero attached hydrogens (tertiary/aromatic N) is 5. The van der Waals surface area contributed by atoms with Gasteiger partial charge in [0.25, 0.3) is 5.91 Å². The van der Waals surface area contributed by atoms with Crippen molar-refractivity contribution in [2.24, 2.45) is 0 Å². The number of hydrogen-bond donors (Lipinski definition) is 0. The van der Waals surface area contributed by atoms with E-state index in [9.17, 15) is 4.79 Å². The lowest BCUT2D eigenvalue weighted by Crippen LogP contribution is -2.36. The quantitative estimate of drug-likeness (QED) is 0.848. The highest BCUT2D eigenvalue weighted by molar-refractivity contribution is 5.92. The Kier molecular flexibility index (Phi) is 5.02. The predicted octanol–water partition coefficient (Wildman–Crippen LogP) is 2.66. The molecule has 0 unspecified atom stereocenters. The topological polar surface area (TPSA) is 54.3 Å². The van der Waals surface area contributed by atoms with Crippen LogP contribution in [0.2, 0.25) is 0 Å². The summed E-state index contributed by atoms with van der Waals surface area (Å²) < 4.78 is 1.91. The zero-order chi connectivity index (χ0) is 17.9. The lowest BCUT2D eigenvalue weighted by molar-refractivity contribution is 0.0787. The van der Waals surface area contributed by atoms with Crippen LogP contribution in [0.15, 0.2) is 30.5 Å². The molecule has 2 aliphatic rings. The van der Waals surface area contributed by atoms with Crippen LogP contribution in [0.1, 0.15) is 53.3 Å². The number of benzene rings is 1. The lowest BCUT2D eigenvalue weighted by atomic mass is 10.0. The lowest BCUT2D eigenvalue weighted by Gasteiger charge is -2.32. The first-order valence-corrected chi connectivity index (χ1v) is 9.68. The number of carbonyl (C=O) groups excluding carboxylic acids is 1. The van der Waals surface area contributed by atoms with Crippen LogP contribution in [0.4, 0.5) is 0 Å². The number of aromatic nitrogens is 3. The van der Waals surface area contributed by atoms with Crippen LogP contribution in [0.3, 0.4) is 0 Å². The molecule has 1 aromatic heterocycles. The fraction of sp³-hybridized carbons (Fsp3) is 0.550. The van der Waals surface area contributed by atoms with E-state index >= 15 is 0 Å². The molecule has 2 aliphatic heterocycles. The molecule has 0 spiro atoms. The van der Waals surface area contributed by atoms with Gasteiger partial charge >= 0.3 is 0 Å². The monoisotopic (exact) mass is 353 g/mol. The fourth-order valence-electron chi connectivity index (χ4n) is 4.05. The Hall–Kier alpha value is -2.21. The highest BCUT2D eigenvalue weighted by atomic mass is 16.2.